The van der Waals surface area contributed by atoms with Crippen molar-refractivity contribution in [2.75, 3.05) is 13.7 Å². The van der Waals surface area contributed by atoms with Crippen molar-refractivity contribution < 1.29 is 9.53 Å². The van der Waals surface area contributed by atoms with Gasteiger partial charge in [0, 0.05) is 35.4 Å². The van der Waals surface area contributed by atoms with Crippen molar-refractivity contribution in [3.63, 3.8) is 0 Å². The normalized spacial score (nSPS) is 14.3. The van der Waals surface area contributed by atoms with Gasteiger partial charge in [0.1, 0.15) is 10.8 Å². The van der Waals surface area contributed by atoms with Crippen molar-refractivity contribution in [2.45, 2.75) is 58.2 Å². The summed E-state index contributed by atoms with van der Waals surface area (Å²) in [5.41, 5.74) is 3.26. The van der Waals surface area contributed by atoms with Crippen molar-refractivity contribution in [1.82, 2.24) is 19.8 Å². The number of nitrogens with zero attached hydrogens (tertiary/aromatic N) is 3. The number of aromatic nitrogens is 2. The molecule has 0 aliphatic heterocycles. The number of urea groups is 1. The highest BCUT2D eigenvalue weighted by atomic mass is 32.1. The summed E-state index contributed by atoms with van der Waals surface area (Å²) < 4.78 is 7.46. The van der Waals surface area contributed by atoms with Crippen molar-refractivity contribution in [2.24, 2.45) is 0 Å². The van der Waals surface area contributed by atoms with Gasteiger partial charge in [-0.15, -0.1) is 11.3 Å². The number of hydrogen-bond donors (Lipinski definition) is 1. The average molecular weight is 453 g/mol. The van der Waals surface area contributed by atoms with E-state index in [1.165, 1.54) is 19.3 Å². The minimum absolute atomic E-state index is 0.0441. The maximum absolute atomic E-state index is 12.8. The second-order valence-corrected chi connectivity index (χ2v) is 9.11. The summed E-state index contributed by atoms with van der Waals surface area (Å²) in [4.78, 5) is 19.7. The lowest BCUT2D eigenvalue weighted by Gasteiger charge is -2.34. The first-order chi connectivity index (χ1) is 15.7. The Kier molecular flexibility index (Phi) is 7.47. The quantitative estimate of drug-likeness (QED) is 0.489. The van der Waals surface area contributed by atoms with Crippen molar-refractivity contribution in [3.05, 3.63) is 59.4 Å². The van der Waals surface area contributed by atoms with E-state index < -0.39 is 0 Å². The smallest absolute Gasteiger partial charge is 0.317 e. The molecule has 7 heteroatoms. The summed E-state index contributed by atoms with van der Waals surface area (Å²) in [6.07, 6.45) is 7.95. The van der Waals surface area contributed by atoms with Gasteiger partial charge in [-0.1, -0.05) is 19.3 Å². The molecule has 1 saturated carbocycles. The number of hydrogen-bond acceptors (Lipinski definition) is 4. The molecule has 2 amide bonds. The van der Waals surface area contributed by atoms with E-state index in [9.17, 15) is 4.79 Å². The molecule has 1 fully saturated rings. The van der Waals surface area contributed by atoms with Crippen LogP contribution < -0.4 is 10.1 Å². The van der Waals surface area contributed by atoms with Crippen LogP contribution in [0.1, 0.15) is 50.4 Å². The maximum atomic E-state index is 12.8. The van der Waals surface area contributed by atoms with E-state index in [4.69, 9.17) is 9.72 Å². The Labute approximate surface area is 194 Å². The Balaban J connectivity index is 1.48. The molecule has 0 spiro atoms. The second kappa shape index (κ2) is 10.7. The highest BCUT2D eigenvalue weighted by molar-refractivity contribution is 7.13. The van der Waals surface area contributed by atoms with Gasteiger partial charge in [-0.25, -0.2) is 9.78 Å². The van der Waals surface area contributed by atoms with E-state index >= 15 is 0 Å². The third-order valence-corrected chi connectivity index (χ3v) is 7.02. The van der Waals surface area contributed by atoms with Gasteiger partial charge in [0.2, 0.25) is 0 Å². The van der Waals surface area contributed by atoms with Crippen LogP contribution in [0, 0.1) is 0 Å². The van der Waals surface area contributed by atoms with Gasteiger partial charge in [-0.2, -0.15) is 0 Å². The van der Waals surface area contributed by atoms with Gasteiger partial charge >= 0.3 is 6.03 Å². The Morgan fingerprint density at radius 3 is 2.72 bits per heavy atom. The zero-order valence-electron chi connectivity index (χ0n) is 18.9. The molecule has 0 atom stereocenters. The first-order valence-electron chi connectivity index (χ1n) is 11.4. The maximum Gasteiger partial charge on any atom is 0.317 e. The molecule has 1 aromatic carbocycles. The Bertz CT molecular complexity index is 1010. The molecule has 1 aliphatic carbocycles. The lowest BCUT2D eigenvalue weighted by Crippen LogP contribution is -2.46. The minimum Gasteiger partial charge on any atom is -0.497 e. The van der Waals surface area contributed by atoms with Crippen LogP contribution in [0.2, 0.25) is 0 Å². The second-order valence-electron chi connectivity index (χ2n) is 8.26. The van der Waals surface area contributed by atoms with E-state index in [0.717, 1.165) is 40.6 Å². The van der Waals surface area contributed by atoms with Crippen LogP contribution in [0.25, 0.3) is 10.6 Å². The number of ether oxygens (including phenoxy) is 1. The van der Waals surface area contributed by atoms with Crippen molar-refractivity contribution in [1.29, 1.82) is 0 Å². The van der Waals surface area contributed by atoms with E-state index in [1.54, 1.807) is 18.4 Å². The third-order valence-electron chi connectivity index (χ3n) is 6.08. The van der Waals surface area contributed by atoms with E-state index in [1.807, 2.05) is 36.1 Å². The topological polar surface area (TPSA) is 59.4 Å². The van der Waals surface area contributed by atoms with Crippen LogP contribution in [0.5, 0.6) is 5.75 Å². The third kappa shape index (κ3) is 5.33. The number of benzene rings is 1. The molecule has 4 rings (SSSR count). The lowest BCUT2D eigenvalue weighted by atomic mass is 9.94. The first-order valence-corrected chi connectivity index (χ1v) is 12.3. The fraction of sp³-hybridized carbons (Fsp3) is 0.440. The Morgan fingerprint density at radius 2 is 2.00 bits per heavy atom. The number of methoxy groups -OCH3 is 1. The highest BCUT2D eigenvalue weighted by Crippen LogP contribution is 2.27. The monoisotopic (exact) mass is 452 g/mol. The van der Waals surface area contributed by atoms with Crippen LogP contribution in [0.3, 0.4) is 0 Å². The molecule has 170 valence electrons. The zero-order chi connectivity index (χ0) is 22.3. The number of carbonyl (C=O) groups is 1. The van der Waals surface area contributed by atoms with Crippen LogP contribution in [-0.4, -0.2) is 40.2 Å². The number of thiazole rings is 1. The molecule has 32 heavy (non-hydrogen) atoms. The average Bonchev–Trinajstić information content (AvgIpc) is 3.48. The van der Waals surface area contributed by atoms with E-state index in [0.29, 0.717) is 25.7 Å². The Morgan fingerprint density at radius 1 is 1.22 bits per heavy atom. The van der Waals surface area contributed by atoms with Crippen molar-refractivity contribution in [3.8, 4) is 16.3 Å². The van der Waals surface area contributed by atoms with Crippen molar-refractivity contribution >= 4 is 17.4 Å². The predicted molar refractivity (Wildman–Crippen MR) is 129 cm³/mol. The molecule has 0 saturated heterocycles. The van der Waals surface area contributed by atoms with E-state index in [-0.39, 0.29) is 6.03 Å². The molecule has 6 nitrogen and oxygen atoms in total. The number of nitrogens with one attached hydrogen (secondary N) is 1. The van der Waals surface area contributed by atoms with E-state index in [2.05, 4.69) is 33.6 Å². The largest absolute Gasteiger partial charge is 0.497 e. The summed E-state index contributed by atoms with van der Waals surface area (Å²) in [6.45, 7) is 3.94. The molecule has 0 unspecified atom stereocenters. The summed E-state index contributed by atoms with van der Waals surface area (Å²) in [6, 6.07) is 12.5. The van der Waals surface area contributed by atoms with Crippen LogP contribution in [0.15, 0.2) is 48.0 Å². The molecule has 2 aromatic heterocycles. The molecular weight excluding hydrogens is 420 g/mol. The summed E-state index contributed by atoms with van der Waals surface area (Å²) in [5, 5.41) is 6.13. The summed E-state index contributed by atoms with van der Waals surface area (Å²) >= 11 is 1.65. The van der Waals surface area contributed by atoms with Gasteiger partial charge in [-0.3, -0.25) is 0 Å². The lowest BCUT2D eigenvalue weighted by molar-refractivity contribution is 0.149. The molecule has 0 radical (unpaired) electrons. The van der Waals surface area contributed by atoms with Gasteiger partial charge in [0.25, 0.3) is 0 Å². The summed E-state index contributed by atoms with van der Waals surface area (Å²) in [5.74, 6) is 0.845. The number of rotatable bonds is 8. The van der Waals surface area contributed by atoms with Gasteiger partial charge in [-0.05, 0) is 56.2 Å². The van der Waals surface area contributed by atoms with Gasteiger partial charge < -0.3 is 19.5 Å². The van der Waals surface area contributed by atoms with Gasteiger partial charge in [0.05, 0.1) is 25.9 Å². The fourth-order valence-corrected chi connectivity index (χ4v) is 5.17. The fourth-order valence-electron chi connectivity index (χ4n) is 4.35. The predicted octanol–water partition coefficient (Wildman–Crippen LogP) is 5.53. The summed E-state index contributed by atoms with van der Waals surface area (Å²) in [7, 11) is 1.67. The Hall–Kier alpha value is -2.80. The molecule has 2 heterocycles. The molecule has 1 aliphatic rings. The molecule has 0 bridgehead atoms. The number of carbonyl (C=O) groups excluding carboxylic acids is 1. The van der Waals surface area contributed by atoms with Gasteiger partial charge in [0.15, 0.2) is 0 Å². The van der Waals surface area contributed by atoms with Crippen LogP contribution >= 0.6 is 11.3 Å². The first kappa shape index (κ1) is 22.4. The van der Waals surface area contributed by atoms with Crippen LogP contribution in [0.4, 0.5) is 4.79 Å². The zero-order valence-corrected chi connectivity index (χ0v) is 19.7. The molecule has 3 aromatic rings. The SMILES string of the molecule is CCNC(=O)N(Cc1cccn1Cc1csc(-c2ccc(OC)cc2)n1)C1CCCCC1. The number of amides is 2. The standard InChI is InChI=1S/C25H32N4O2S/c1-3-26-25(30)29(21-8-5-4-6-9-21)17-22-10-7-15-28(22)16-20-18-32-24(27-20)19-11-13-23(31-2)14-12-19/h7,10-15,18,21H,3-6,8-9,16-17H2,1-2H3,(H,26,30). The minimum atomic E-state index is 0.0441. The van der Waals surface area contributed by atoms with Crippen LogP contribution in [-0.2, 0) is 13.1 Å². The molecular formula is C25H32N4O2S. The highest BCUT2D eigenvalue weighted by Gasteiger charge is 2.26. The molecule has 1 N–H and O–H groups in total.